The van der Waals surface area contributed by atoms with E-state index in [1.165, 1.54) is 5.56 Å². The van der Waals surface area contributed by atoms with Gasteiger partial charge in [-0.05, 0) is 31.2 Å². The van der Waals surface area contributed by atoms with E-state index in [9.17, 15) is 0 Å². The van der Waals surface area contributed by atoms with Crippen molar-refractivity contribution < 1.29 is 9.15 Å². The highest BCUT2D eigenvalue weighted by molar-refractivity contribution is 14.0. The number of benzene rings is 2. The number of guanidine groups is 1. The van der Waals surface area contributed by atoms with Gasteiger partial charge in [0.1, 0.15) is 18.6 Å². The van der Waals surface area contributed by atoms with Crippen LogP contribution >= 0.6 is 24.0 Å². The number of aryl methyl sites for hydroxylation is 1. The van der Waals surface area contributed by atoms with Crippen molar-refractivity contribution in [2.45, 2.75) is 13.3 Å². The number of rotatable bonds is 8. The Morgan fingerprint density at radius 3 is 2.57 bits per heavy atom. The van der Waals surface area contributed by atoms with Crippen LogP contribution in [-0.2, 0) is 6.42 Å². The zero-order valence-electron chi connectivity index (χ0n) is 17.7. The lowest BCUT2D eigenvalue weighted by Gasteiger charge is -2.22. The topological polar surface area (TPSA) is 62.9 Å². The molecule has 0 bridgehead atoms. The van der Waals surface area contributed by atoms with Gasteiger partial charge in [0.05, 0.1) is 12.2 Å². The smallest absolute Gasteiger partial charge is 0.226 e. The van der Waals surface area contributed by atoms with E-state index in [4.69, 9.17) is 9.15 Å². The second kappa shape index (κ2) is 12.2. The summed E-state index contributed by atoms with van der Waals surface area (Å²) in [7, 11) is 3.78. The lowest BCUT2D eigenvalue weighted by Crippen LogP contribution is -2.41. The maximum absolute atomic E-state index is 5.75. The third kappa shape index (κ3) is 7.05. The van der Waals surface area contributed by atoms with Crippen LogP contribution in [0, 0.1) is 6.92 Å². The molecule has 0 unspecified atom stereocenters. The molecule has 0 radical (unpaired) electrons. The Morgan fingerprint density at radius 1 is 1.13 bits per heavy atom. The first-order valence-electron chi connectivity index (χ1n) is 9.77. The number of halogens is 1. The van der Waals surface area contributed by atoms with Crippen molar-refractivity contribution in [1.29, 1.82) is 0 Å². The van der Waals surface area contributed by atoms with E-state index >= 15 is 0 Å². The fourth-order valence-corrected chi connectivity index (χ4v) is 2.86. The van der Waals surface area contributed by atoms with Crippen LogP contribution in [0.4, 0.5) is 0 Å². The van der Waals surface area contributed by atoms with Gasteiger partial charge >= 0.3 is 0 Å². The largest absolute Gasteiger partial charge is 0.492 e. The van der Waals surface area contributed by atoms with Gasteiger partial charge in [0.2, 0.25) is 5.89 Å². The summed E-state index contributed by atoms with van der Waals surface area (Å²) < 4.78 is 11.4. The van der Waals surface area contributed by atoms with E-state index in [0.717, 1.165) is 42.5 Å². The van der Waals surface area contributed by atoms with Crippen molar-refractivity contribution in [3.8, 4) is 17.2 Å². The number of nitrogens with zero attached hydrogens (tertiary/aromatic N) is 3. The number of oxazole rings is 1. The van der Waals surface area contributed by atoms with E-state index < -0.39 is 0 Å². The average molecular weight is 520 g/mol. The molecule has 3 aromatic rings. The van der Waals surface area contributed by atoms with E-state index in [1.807, 2.05) is 54.4 Å². The summed E-state index contributed by atoms with van der Waals surface area (Å²) in [5, 5.41) is 3.36. The SMILES string of the molecule is CN=C(NCCc1coc(-c2ccc(C)cc2)n1)N(C)CCOc1ccccc1.I. The summed E-state index contributed by atoms with van der Waals surface area (Å²) in [6.45, 7) is 4.10. The number of likely N-dealkylation sites (N-methyl/N-ethyl adjacent to an activating group) is 1. The maximum Gasteiger partial charge on any atom is 0.226 e. The summed E-state index contributed by atoms with van der Waals surface area (Å²) >= 11 is 0. The minimum Gasteiger partial charge on any atom is -0.492 e. The third-order valence-corrected chi connectivity index (χ3v) is 4.53. The number of nitrogens with one attached hydrogen (secondary N) is 1. The molecule has 7 heteroatoms. The van der Waals surface area contributed by atoms with Gasteiger partial charge < -0.3 is 19.4 Å². The Kier molecular flexibility index (Phi) is 9.66. The monoisotopic (exact) mass is 520 g/mol. The van der Waals surface area contributed by atoms with E-state index in [1.54, 1.807) is 13.3 Å². The highest BCUT2D eigenvalue weighted by Gasteiger charge is 2.09. The first kappa shape index (κ1) is 23.7. The van der Waals surface area contributed by atoms with Crippen LogP contribution in [0.1, 0.15) is 11.3 Å². The van der Waals surface area contributed by atoms with E-state index in [-0.39, 0.29) is 24.0 Å². The number of aliphatic imine (C=N–C) groups is 1. The Balaban J connectivity index is 0.00000320. The lowest BCUT2D eigenvalue weighted by atomic mass is 10.1. The summed E-state index contributed by atoms with van der Waals surface area (Å²) in [5.74, 6) is 2.35. The Labute approximate surface area is 195 Å². The molecule has 1 heterocycles. The van der Waals surface area contributed by atoms with Crippen molar-refractivity contribution in [3.05, 3.63) is 72.1 Å². The van der Waals surface area contributed by atoms with Crippen molar-refractivity contribution >= 4 is 29.9 Å². The zero-order chi connectivity index (χ0) is 20.5. The van der Waals surface area contributed by atoms with Crippen LogP contribution < -0.4 is 10.1 Å². The highest BCUT2D eigenvalue weighted by Crippen LogP contribution is 2.19. The number of aromatic nitrogens is 1. The Morgan fingerprint density at radius 2 is 1.87 bits per heavy atom. The molecule has 2 aromatic carbocycles. The van der Waals surface area contributed by atoms with Crippen molar-refractivity contribution in [3.63, 3.8) is 0 Å². The second-order valence-corrected chi connectivity index (χ2v) is 6.82. The number of hydrogen-bond acceptors (Lipinski definition) is 4. The fourth-order valence-electron chi connectivity index (χ4n) is 2.86. The second-order valence-electron chi connectivity index (χ2n) is 6.82. The van der Waals surface area contributed by atoms with Crippen molar-refractivity contribution in [2.75, 3.05) is 33.8 Å². The van der Waals surface area contributed by atoms with Gasteiger partial charge in [-0.3, -0.25) is 4.99 Å². The molecule has 0 fully saturated rings. The van der Waals surface area contributed by atoms with E-state index in [2.05, 4.69) is 34.3 Å². The van der Waals surface area contributed by atoms with Crippen LogP contribution in [0.15, 0.2) is 70.3 Å². The van der Waals surface area contributed by atoms with Gasteiger partial charge in [-0.1, -0.05) is 35.9 Å². The molecule has 3 rings (SSSR count). The van der Waals surface area contributed by atoms with Gasteiger partial charge in [0, 0.05) is 32.6 Å². The molecular weight excluding hydrogens is 491 g/mol. The zero-order valence-corrected chi connectivity index (χ0v) is 20.0. The quantitative estimate of drug-likeness (QED) is 0.271. The van der Waals surface area contributed by atoms with Gasteiger partial charge in [0.25, 0.3) is 0 Å². The fraction of sp³-hybridized carbons (Fsp3) is 0.304. The van der Waals surface area contributed by atoms with Crippen LogP contribution in [-0.4, -0.2) is 49.6 Å². The molecule has 1 N–H and O–H groups in total. The summed E-state index contributed by atoms with van der Waals surface area (Å²) in [6, 6.07) is 18.0. The van der Waals surface area contributed by atoms with Gasteiger partial charge in [-0.15, -0.1) is 24.0 Å². The molecule has 0 aliphatic heterocycles. The van der Waals surface area contributed by atoms with Crippen molar-refractivity contribution in [2.24, 2.45) is 4.99 Å². The van der Waals surface area contributed by atoms with Crippen LogP contribution in [0.25, 0.3) is 11.5 Å². The van der Waals surface area contributed by atoms with Crippen LogP contribution in [0.2, 0.25) is 0 Å². The molecule has 30 heavy (non-hydrogen) atoms. The predicted octanol–water partition coefficient (Wildman–Crippen LogP) is 4.40. The number of ether oxygens (including phenoxy) is 1. The normalized spacial score (nSPS) is 11.0. The summed E-state index contributed by atoms with van der Waals surface area (Å²) in [6.07, 6.45) is 2.47. The molecule has 0 atom stereocenters. The Hall–Kier alpha value is -2.55. The summed E-state index contributed by atoms with van der Waals surface area (Å²) in [4.78, 5) is 11.0. The molecule has 0 amide bonds. The standard InChI is InChI=1S/C23H28N4O2.HI/c1-18-9-11-19(12-10-18)22-26-20(17-29-22)13-14-25-23(24-2)27(3)15-16-28-21-7-5-4-6-8-21;/h4-12,17H,13-16H2,1-3H3,(H,24,25);1H. The molecule has 0 saturated carbocycles. The lowest BCUT2D eigenvalue weighted by molar-refractivity contribution is 0.281. The summed E-state index contributed by atoms with van der Waals surface area (Å²) in [5.41, 5.74) is 3.12. The Bertz CT molecular complexity index is 910. The minimum absolute atomic E-state index is 0. The first-order valence-corrected chi connectivity index (χ1v) is 9.77. The van der Waals surface area contributed by atoms with Gasteiger partial charge in [-0.2, -0.15) is 0 Å². The predicted molar refractivity (Wildman–Crippen MR) is 132 cm³/mol. The van der Waals surface area contributed by atoms with E-state index in [0.29, 0.717) is 12.5 Å². The maximum atomic E-state index is 5.75. The van der Waals surface area contributed by atoms with Gasteiger partial charge in [0.15, 0.2) is 5.96 Å². The molecule has 0 aliphatic carbocycles. The number of hydrogen-bond donors (Lipinski definition) is 1. The van der Waals surface area contributed by atoms with Gasteiger partial charge in [-0.25, -0.2) is 4.98 Å². The first-order chi connectivity index (χ1) is 14.2. The molecular formula is C23H29IN4O2. The molecule has 160 valence electrons. The third-order valence-electron chi connectivity index (χ3n) is 4.53. The van der Waals surface area contributed by atoms with Crippen LogP contribution in [0.5, 0.6) is 5.75 Å². The molecule has 0 saturated heterocycles. The average Bonchev–Trinajstić information content (AvgIpc) is 3.21. The molecule has 1 aromatic heterocycles. The minimum atomic E-state index is 0. The van der Waals surface area contributed by atoms with Crippen molar-refractivity contribution in [1.82, 2.24) is 15.2 Å². The highest BCUT2D eigenvalue weighted by atomic mass is 127. The number of para-hydroxylation sites is 1. The molecule has 6 nitrogen and oxygen atoms in total. The molecule has 0 spiro atoms. The molecule has 0 aliphatic rings. The van der Waals surface area contributed by atoms with Crippen LogP contribution in [0.3, 0.4) is 0 Å².